The average Bonchev–Trinajstić information content (AvgIpc) is 3.39. The van der Waals surface area contributed by atoms with Crippen LogP contribution < -0.4 is 9.80 Å². The molecule has 0 amide bonds. The predicted molar refractivity (Wildman–Crippen MR) is 124 cm³/mol. The van der Waals surface area contributed by atoms with Crippen LogP contribution in [0.25, 0.3) is 5.69 Å². The van der Waals surface area contributed by atoms with Crippen LogP contribution in [0.4, 0.5) is 11.8 Å². The third-order valence-electron chi connectivity index (χ3n) is 5.93. The Morgan fingerprint density at radius 1 is 0.909 bits per heavy atom. The standard InChI is InChI=1S/C22H27N7O3S/c1-18-17-21(25-22(24-18)27-13-15-32-16-14-27)26-9-11-28(12-10-26)33(30,31)20-5-3-19(4-6-20)29-8-2-7-23-29/h2-8,17H,9-16H2,1H3. The molecule has 174 valence electrons. The fourth-order valence-corrected chi connectivity index (χ4v) is 5.52. The van der Waals surface area contributed by atoms with Crippen molar-refractivity contribution in [2.45, 2.75) is 11.8 Å². The number of benzene rings is 1. The van der Waals surface area contributed by atoms with Crippen molar-refractivity contribution in [1.82, 2.24) is 24.1 Å². The zero-order valence-electron chi connectivity index (χ0n) is 18.5. The lowest BCUT2D eigenvalue weighted by Crippen LogP contribution is -2.49. The molecular formula is C22H27N7O3S. The minimum atomic E-state index is -3.56. The second-order valence-corrected chi connectivity index (χ2v) is 10.0. The third kappa shape index (κ3) is 4.56. The molecule has 3 aromatic rings. The molecule has 10 nitrogen and oxygen atoms in total. The summed E-state index contributed by atoms with van der Waals surface area (Å²) in [5.74, 6) is 1.55. The zero-order chi connectivity index (χ0) is 22.8. The van der Waals surface area contributed by atoms with E-state index in [4.69, 9.17) is 9.72 Å². The molecule has 11 heteroatoms. The van der Waals surface area contributed by atoms with Gasteiger partial charge in [-0.15, -0.1) is 0 Å². The minimum absolute atomic E-state index is 0.291. The second-order valence-electron chi connectivity index (χ2n) is 8.10. The summed E-state index contributed by atoms with van der Waals surface area (Å²) in [6.07, 6.45) is 3.51. The second kappa shape index (κ2) is 9.08. The van der Waals surface area contributed by atoms with Crippen LogP contribution >= 0.6 is 0 Å². The number of ether oxygens (including phenoxy) is 1. The molecule has 2 aliphatic heterocycles. The Bertz CT molecular complexity index is 1190. The van der Waals surface area contributed by atoms with E-state index in [1.54, 1.807) is 39.4 Å². The predicted octanol–water partition coefficient (Wildman–Crippen LogP) is 1.32. The summed E-state index contributed by atoms with van der Waals surface area (Å²) in [5, 5.41) is 4.18. The Balaban J connectivity index is 1.27. The molecule has 0 atom stereocenters. The summed E-state index contributed by atoms with van der Waals surface area (Å²) in [5.41, 5.74) is 1.72. The molecule has 0 aliphatic carbocycles. The van der Waals surface area contributed by atoms with Gasteiger partial charge in [0.15, 0.2) is 0 Å². The molecule has 33 heavy (non-hydrogen) atoms. The van der Waals surface area contributed by atoms with Crippen LogP contribution in [-0.4, -0.2) is 85.0 Å². The molecule has 2 fully saturated rings. The topological polar surface area (TPSA) is 96.7 Å². The van der Waals surface area contributed by atoms with Crippen LogP contribution in [0.15, 0.2) is 53.7 Å². The molecule has 5 rings (SSSR count). The van der Waals surface area contributed by atoms with Crippen molar-refractivity contribution in [3.05, 3.63) is 54.5 Å². The van der Waals surface area contributed by atoms with Crippen molar-refractivity contribution in [2.75, 3.05) is 62.3 Å². The number of hydrogen-bond donors (Lipinski definition) is 0. The van der Waals surface area contributed by atoms with Crippen LogP contribution in [0.3, 0.4) is 0 Å². The van der Waals surface area contributed by atoms with Gasteiger partial charge >= 0.3 is 0 Å². The van der Waals surface area contributed by atoms with Gasteiger partial charge in [0, 0.05) is 63.4 Å². The monoisotopic (exact) mass is 469 g/mol. The molecule has 2 saturated heterocycles. The quantitative estimate of drug-likeness (QED) is 0.552. The van der Waals surface area contributed by atoms with Crippen LogP contribution in [0.2, 0.25) is 0 Å². The Hall–Kier alpha value is -3.02. The first kappa shape index (κ1) is 21.8. The summed E-state index contributed by atoms with van der Waals surface area (Å²) in [4.78, 5) is 13.9. The maximum absolute atomic E-state index is 13.2. The van der Waals surface area contributed by atoms with Crippen molar-refractivity contribution < 1.29 is 13.2 Å². The van der Waals surface area contributed by atoms with Crippen LogP contribution in [-0.2, 0) is 14.8 Å². The van der Waals surface area contributed by atoms with Gasteiger partial charge in [-0.3, -0.25) is 0 Å². The number of aromatic nitrogens is 4. The summed E-state index contributed by atoms with van der Waals surface area (Å²) < 4.78 is 35.0. The Labute approximate surface area is 193 Å². The highest BCUT2D eigenvalue weighted by Crippen LogP contribution is 2.23. The largest absolute Gasteiger partial charge is 0.378 e. The Morgan fingerprint density at radius 2 is 1.64 bits per heavy atom. The molecule has 1 aromatic carbocycles. The number of aryl methyl sites for hydroxylation is 1. The summed E-state index contributed by atoms with van der Waals surface area (Å²) in [6, 6.07) is 10.6. The van der Waals surface area contributed by atoms with E-state index in [1.807, 2.05) is 25.3 Å². The van der Waals surface area contributed by atoms with Gasteiger partial charge in [-0.05, 0) is 37.3 Å². The molecule has 0 spiro atoms. The summed E-state index contributed by atoms with van der Waals surface area (Å²) in [7, 11) is -3.56. The number of anilines is 2. The number of hydrogen-bond acceptors (Lipinski definition) is 8. The molecule has 2 aliphatic rings. The van der Waals surface area contributed by atoms with E-state index in [0.29, 0.717) is 50.2 Å². The normalized spacial score (nSPS) is 18.0. The van der Waals surface area contributed by atoms with Crippen molar-refractivity contribution in [3.8, 4) is 5.69 Å². The van der Waals surface area contributed by atoms with E-state index in [2.05, 4.69) is 19.9 Å². The van der Waals surface area contributed by atoms with Gasteiger partial charge in [0.2, 0.25) is 16.0 Å². The highest BCUT2D eigenvalue weighted by molar-refractivity contribution is 7.89. The van der Waals surface area contributed by atoms with E-state index < -0.39 is 10.0 Å². The highest BCUT2D eigenvalue weighted by atomic mass is 32.2. The molecule has 0 N–H and O–H groups in total. The minimum Gasteiger partial charge on any atom is -0.378 e. The van der Waals surface area contributed by atoms with Gasteiger partial charge in [0.1, 0.15) is 5.82 Å². The maximum Gasteiger partial charge on any atom is 0.243 e. The van der Waals surface area contributed by atoms with Gasteiger partial charge in [-0.25, -0.2) is 18.1 Å². The molecule has 0 unspecified atom stereocenters. The van der Waals surface area contributed by atoms with Crippen molar-refractivity contribution in [2.24, 2.45) is 0 Å². The lowest BCUT2D eigenvalue weighted by atomic mass is 10.3. The third-order valence-corrected chi connectivity index (χ3v) is 7.84. The molecule has 4 heterocycles. The first-order valence-electron chi connectivity index (χ1n) is 11.0. The molecule has 2 aromatic heterocycles. The molecular weight excluding hydrogens is 442 g/mol. The molecule has 0 saturated carbocycles. The summed E-state index contributed by atoms with van der Waals surface area (Å²) >= 11 is 0. The highest BCUT2D eigenvalue weighted by Gasteiger charge is 2.29. The fraction of sp³-hybridized carbons (Fsp3) is 0.409. The maximum atomic E-state index is 13.2. The molecule has 0 radical (unpaired) electrons. The lowest BCUT2D eigenvalue weighted by molar-refractivity contribution is 0.122. The van der Waals surface area contributed by atoms with Crippen molar-refractivity contribution >= 4 is 21.8 Å². The number of piperazine rings is 1. The SMILES string of the molecule is Cc1cc(N2CCN(S(=O)(=O)c3ccc(-n4cccn4)cc3)CC2)nc(N2CCOCC2)n1. The van der Waals surface area contributed by atoms with Crippen molar-refractivity contribution in [3.63, 3.8) is 0 Å². The van der Waals surface area contributed by atoms with E-state index in [0.717, 1.165) is 30.3 Å². The summed E-state index contributed by atoms with van der Waals surface area (Å²) in [6.45, 7) is 6.80. The Morgan fingerprint density at radius 3 is 2.30 bits per heavy atom. The lowest BCUT2D eigenvalue weighted by Gasteiger charge is -2.35. The van der Waals surface area contributed by atoms with E-state index in [9.17, 15) is 8.42 Å². The van der Waals surface area contributed by atoms with Crippen molar-refractivity contribution in [1.29, 1.82) is 0 Å². The Kier molecular flexibility index (Phi) is 6.00. The van der Waals surface area contributed by atoms with Crippen LogP contribution in [0.5, 0.6) is 0 Å². The fourth-order valence-electron chi connectivity index (χ4n) is 4.10. The number of rotatable bonds is 5. The van der Waals surface area contributed by atoms with Crippen LogP contribution in [0.1, 0.15) is 5.69 Å². The van der Waals surface area contributed by atoms with Gasteiger partial charge in [-0.1, -0.05) is 0 Å². The number of sulfonamides is 1. The first-order chi connectivity index (χ1) is 16.0. The van der Waals surface area contributed by atoms with Gasteiger partial charge in [-0.2, -0.15) is 14.4 Å². The zero-order valence-corrected chi connectivity index (χ0v) is 19.4. The number of morpholine rings is 1. The smallest absolute Gasteiger partial charge is 0.243 e. The average molecular weight is 470 g/mol. The molecule has 0 bridgehead atoms. The van der Waals surface area contributed by atoms with Gasteiger partial charge < -0.3 is 14.5 Å². The van der Waals surface area contributed by atoms with E-state index in [-0.39, 0.29) is 0 Å². The van der Waals surface area contributed by atoms with Gasteiger partial charge in [0.05, 0.1) is 23.8 Å². The number of nitrogens with zero attached hydrogens (tertiary/aromatic N) is 7. The van der Waals surface area contributed by atoms with E-state index >= 15 is 0 Å². The van der Waals surface area contributed by atoms with Gasteiger partial charge in [0.25, 0.3) is 0 Å². The van der Waals surface area contributed by atoms with Crippen LogP contribution in [0, 0.1) is 6.92 Å². The first-order valence-corrected chi connectivity index (χ1v) is 12.5. The van der Waals surface area contributed by atoms with E-state index in [1.165, 1.54) is 0 Å².